The number of hydrogen-bond acceptors (Lipinski definition) is 7. The van der Waals surface area contributed by atoms with Crippen LogP contribution < -0.4 is 17.3 Å². The quantitative estimate of drug-likeness (QED) is 0.123. The van der Waals surface area contributed by atoms with Gasteiger partial charge < -0.3 is 22.4 Å². The van der Waals surface area contributed by atoms with E-state index in [2.05, 4.69) is 195 Å². The van der Waals surface area contributed by atoms with E-state index in [9.17, 15) is 5.11 Å². The molecule has 0 radical (unpaired) electrons. The van der Waals surface area contributed by atoms with Crippen LogP contribution in [0.1, 0.15) is 58.4 Å². The molecule has 1 aliphatic heterocycles. The first-order valence-electron chi connectivity index (χ1n) is 25.3. The summed E-state index contributed by atoms with van der Waals surface area (Å²) in [5.41, 5.74) is 13.2. The molecule has 0 saturated carbocycles. The molecule has 0 unspecified atom stereocenters. The smallest absolute Gasteiger partial charge is 0.293 e. The molecular formula is C68H46O5S2. The van der Waals surface area contributed by atoms with Crippen molar-refractivity contribution in [2.75, 3.05) is 0 Å². The summed E-state index contributed by atoms with van der Waals surface area (Å²) in [6.45, 7) is 4.00. The molecule has 0 fully saturated rings. The highest BCUT2D eigenvalue weighted by molar-refractivity contribution is 7.90. The number of hydrogen-bond donors (Lipinski definition) is 2. The van der Waals surface area contributed by atoms with Gasteiger partial charge >= 0.3 is 0 Å². The zero-order valence-electron chi connectivity index (χ0n) is 40.9. The van der Waals surface area contributed by atoms with Crippen molar-refractivity contribution in [3.63, 3.8) is 0 Å². The standard InChI is InChI=1S/C66H40O5S2.C2H6/c67-47-25-19-39-33-45(23-17-41(39)35-47)65(57-13-5-1-9-53(57)54-10-2-6-14-58(54)65)46-24-18-42-36-49(26-20-40(42)34-46)70-73-71-50-28-30-52-44(38-50)22-32-62-64(52)68-63-51-29-27-48(69-72)37-43(51)21-31-61(63)66(62)59-15-7-3-11-55(59)56-12-4-8-16-60(56)66;1-2/h1-38,67,72H;1-2H3. The molecule has 15 rings (SSSR count). The first kappa shape index (κ1) is 45.0. The average molecular weight is 1010 g/mol. The summed E-state index contributed by atoms with van der Waals surface area (Å²) in [6, 6.07) is 81.2. The highest BCUT2D eigenvalue weighted by atomic mass is 32.2. The maximum atomic E-state index is 10.3. The van der Waals surface area contributed by atoms with Crippen LogP contribution in [-0.4, -0.2) is 5.11 Å². The first-order valence-corrected chi connectivity index (χ1v) is 26.4. The van der Waals surface area contributed by atoms with Crippen molar-refractivity contribution in [1.29, 1.82) is 0 Å². The van der Waals surface area contributed by atoms with Gasteiger partial charge in [-0.3, -0.25) is 0 Å². The van der Waals surface area contributed by atoms with Gasteiger partial charge in [-0.1, -0.05) is 172 Å². The summed E-state index contributed by atoms with van der Waals surface area (Å²) in [5.74, 6) is 3.91. The van der Waals surface area contributed by atoms with Crippen LogP contribution in [0.4, 0.5) is 0 Å². The Bertz CT molecular complexity index is 4220. The van der Waals surface area contributed by atoms with Crippen LogP contribution >= 0.6 is 25.2 Å². The Hall–Kier alpha value is -8.62. The van der Waals surface area contributed by atoms with Gasteiger partial charge in [-0.15, -0.1) is 0 Å². The fraction of sp³-hybridized carbons (Fsp3) is 0.0588. The van der Waals surface area contributed by atoms with Crippen LogP contribution in [0.2, 0.25) is 0 Å². The van der Waals surface area contributed by atoms with E-state index < -0.39 is 10.8 Å². The third-order valence-corrected chi connectivity index (χ3v) is 16.4. The lowest BCUT2D eigenvalue weighted by molar-refractivity contribution is 0.447. The SMILES string of the molecule is CC.Oc1ccc2cc(C3(c4ccc5cc(OSOc6ccc7c8c(ccc7c6)C6(c7ccccc7-c7ccccc76)c6ccc7cc(OS)ccc7c6O8)ccc5c4)c4ccccc4-c4ccccc43)ccc2c1. The molecule has 5 nitrogen and oxygen atoms in total. The zero-order chi connectivity index (χ0) is 50.4. The molecule has 3 aliphatic rings. The van der Waals surface area contributed by atoms with E-state index in [0.29, 0.717) is 17.2 Å². The van der Waals surface area contributed by atoms with Crippen molar-refractivity contribution < 1.29 is 22.4 Å². The maximum Gasteiger partial charge on any atom is 0.293 e. The molecule has 0 amide bonds. The number of benzene rings is 12. The summed E-state index contributed by atoms with van der Waals surface area (Å²) >= 11 is 5.04. The summed E-state index contributed by atoms with van der Waals surface area (Å²) in [6.07, 6.45) is 0. The molecule has 0 bridgehead atoms. The van der Waals surface area contributed by atoms with Crippen molar-refractivity contribution in [1.82, 2.24) is 0 Å². The molecule has 0 saturated heterocycles. The molecule has 360 valence electrons. The van der Waals surface area contributed by atoms with Gasteiger partial charge in [0, 0.05) is 34.8 Å². The van der Waals surface area contributed by atoms with Gasteiger partial charge in [0.25, 0.3) is 12.3 Å². The fourth-order valence-corrected chi connectivity index (χ4v) is 13.1. The summed E-state index contributed by atoms with van der Waals surface area (Å²) in [4.78, 5) is 0. The summed E-state index contributed by atoms with van der Waals surface area (Å²) in [7, 11) is 0. The number of ether oxygens (including phenoxy) is 1. The van der Waals surface area contributed by atoms with Crippen molar-refractivity contribution in [2.24, 2.45) is 0 Å². The van der Waals surface area contributed by atoms with Crippen molar-refractivity contribution in [3.05, 3.63) is 275 Å². The molecule has 1 N–H and O–H groups in total. The van der Waals surface area contributed by atoms with Gasteiger partial charge in [-0.2, -0.15) is 0 Å². The molecule has 7 heteroatoms. The molecule has 12 aromatic carbocycles. The fourth-order valence-electron chi connectivity index (χ4n) is 12.6. The van der Waals surface area contributed by atoms with E-state index in [4.69, 9.17) is 17.3 Å². The monoisotopic (exact) mass is 1010 g/mol. The van der Waals surface area contributed by atoms with Crippen LogP contribution in [0.15, 0.2) is 231 Å². The van der Waals surface area contributed by atoms with Crippen LogP contribution in [0.3, 0.4) is 0 Å². The Kier molecular flexibility index (Phi) is 10.5. The molecule has 2 aliphatic carbocycles. The number of aromatic hydroxyl groups is 1. The largest absolute Gasteiger partial charge is 0.508 e. The average Bonchev–Trinajstić information content (AvgIpc) is 4.09. The lowest BCUT2D eigenvalue weighted by Crippen LogP contribution is -2.32. The van der Waals surface area contributed by atoms with E-state index in [1.807, 2.05) is 56.3 Å². The van der Waals surface area contributed by atoms with Crippen LogP contribution in [0.25, 0.3) is 65.3 Å². The molecule has 12 aromatic rings. The maximum absolute atomic E-state index is 10.3. The van der Waals surface area contributed by atoms with Crippen LogP contribution in [-0.2, 0) is 10.8 Å². The van der Waals surface area contributed by atoms with E-state index >= 15 is 0 Å². The Labute approximate surface area is 444 Å². The minimum absolute atomic E-state index is 0.259. The number of phenols is 1. The molecule has 1 heterocycles. The second-order valence-corrected chi connectivity index (χ2v) is 19.9. The van der Waals surface area contributed by atoms with Crippen molar-refractivity contribution >= 4 is 68.3 Å². The van der Waals surface area contributed by atoms with Gasteiger partial charge in [-0.05, 0) is 161 Å². The molecule has 0 atom stereocenters. The number of thiol groups is 1. The highest BCUT2D eigenvalue weighted by Gasteiger charge is 2.52. The van der Waals surface area contributed by atoms with Gasteiger partial charge in [0.15, 0.2) is 0 Å². The van der Waals surface area contributed by atoms with Gasteiger partial charge in [-0.25, -0.2) is 0 Å². The Morgan fingerprint density at radius 3 is 1.28 bits per heavy atom. The van der Waals surface area contributed by atoms with Crippen LogP contribution in [0, 0.1) is 0 Å². The van der Waals surface area contributed by atoms with E-state index in [0.717, 1.165) is 78.0 Å². The third kappa shape index (κ3) is 6.61. The Morgan fingerprint density at radius 2 is 0.760 bits per heavy atom. The van der Waals surface area contributed by atoms with E-state index in [1.165, 1.54) is 55.6 Å². The topological polar surface area (TPSA) is 57.2 Å². The van der Waals surface area contributed by atoms with Crippen molar-refractivity contribution in [3.8, 4) is 56.8 Å². The highest BCUT2D eigenvalue weighted by Crippen LogP contribution is 2.64. The zero-order valence-corrected chi connectivity index (χ0v) is 42.6. The van der Waals surface area contributed by atoms with Gasteiger partial charge in [0.2, 0.25) is 0 Å². The summed E-state index contributed by atoms with van der Waals surface area (Å²) < 4.78 is 25.0. The van der Waals surface area contributed by atoms with Crippen LogP contribution in [0.5, 0.6) is 34.5 Å². The van der Waals surface area contributed by atoms with Gasteiger partial charge in [0.1, 0.15) is 34.5 Å². The van der Waals surface area contributed by atoms with Crippen molar-refractivity contribution in [2.45, 2.75) is 24.7 Å². The number of fused-ring (bicyclic) bond motifs is 18. The second kappa shape index (κ2) is 17.5. The predicted octanol–water partition coefficient (Wildman–Crippen LogP) is 18.1. The minimum Gasteiger partial charge on any atom is -0.508 e. The molecule has 1 spiro atoms. The third-order valence-electron chi connectivity index (χ3n) is 15.7. The van der Waals surface area contributed by atoms with E-state index in [-0.39, 0.29) is 5.75 Å². The van der Waals surface area contributed by atoms with Gasteiger partial charge in [0.05, 0.1) is 10.8 Å². The van der Waals surface area contributed by atoms with E-state index in [1.54, 1.807) is 6.07 Å². The predicted molar refractivity (Wildman–Crippen MR) is 309 cm³/mol. The number of phenolic OH excluding ortho intramolecular Hbond substituents is 1. The Balaban J connectivity index is 0.00000255. The normalized spacial score (nSPS) is 13.7. The lowest BCUT2D eigenvalue weighted by Gasteiger charge is -2.40. The number of rotatable bonds is 7. The Morgan fingerprint density at radius 1 is 0.373 bits per heavy atom. The molecule has 0 aromatic heterocycles. The minimum atomic E-state index is -0.615. The molecule has 75 heavy (non-hydrogen) atoms. The lowest BCUT2D eigenvalue weighted by atomic mass is 9.65. The second-order valence-electron chi connectivity index (χ2n) is 19.2. The summed E-state index contributed by atoms with van der Waals surface area (Å²) in [5, 5.41) is 18.5. The first-order chi connectivity index (χ1) is 37.0. The molecular weight excluding hydrogens is 961 g/mol.